The summed E-state index contributed by atoms with van der Waals surface area (Å²) in [5.74, 6) is 0.0877. The number of rotatable bonds is 2. The number of halogens is 1. The Hall–Kier alpha value is -1.23. The molecule has 0 saturated heterocycles. The van der Waals surface area contributed by atoms with E-state index in [2.05, 4.69) is 25.9 Å². The largest absolute Gasteiger partial charge is 0.300 e. The molecular formula is C9H8BrN3O. The van der Waals surface area contributed by atoms with Crippen LogP contribution in [0.2, 0.25) is 0 Å². The summed E-state index contributed by atoms with van der Waals surface area (Å²) in [6, 6.07) is 0. The smallest absolute Gasteiger partial charge is 0.159 e. The van der Waals surface area contributed by atoms with Crippen LogP contribution in [-0.4, -0.2) is 20.2 Å². The van der Waals surface area contributed by atoms with Crippen LogP contribution in [0.1, 0.15) is 12.6 Å². The highest BCUT2D eigenvalue weighted by Crippen LogP contribution is 2.14. The van der Waals surface area contributed by atoms with Crippen LogP contribution >= 0.6 is 15.9 Å². The maximum atomic E-state index is 11.0. The topological polar surface area (TPSA) is 47.3 Å². The van der Waals surface area contributed by atoms with E-state index in [-0.39, 0.29) is 5.78 Å². The second-order valence-corrected chi connectivity index (χ2v) is 3.84. The van der Waals surface area contributed by atoms with Crippen LogP contribution in [0.15, 0.2) is 23.2 Å². The van der Waals surface area contributed by atoms with E-state index >= 15 is 0 Å². The molecule has 0 atom stereocenters. The number of fused-ring (bicyclic) bond motifs is 1. The van der Waals surface area contributed by atoms with E-state index in [1.54, 1.807) is 25.5 Å². The quantitative estimate of drug-likeness (QED) is 0.818. The van der Waals surface area contributed by atoms with E-state index < -0.39 is 0 Å². The number of imidazole rings is 1. The minimum Gasteiger partial charge on any atom is -0.300 e. The van der Waals surface area contributed by atoms with Crippen LogP contribution in [0.4, 0.5) is 0 Å². The highest BCUT2D eigenvalue weighted by molar-refractivity contribution is 9.10. The standard InChI is InChI=1S/C9H8BrN3O/c1-6(14)4-7-9-12-5-8(10)13(9)3-2-11-7/h2-3,5H,4H2,1H3. The number of carbonyl (C=O) groups is 1. The van der Waals surface area contributed by atoms with Gasteiger partial charge in [0.2, 0.25) is 0 Å². The van der Waals surface area contributed by atoms with Gasteiger partial charge in [0.25, 0.3) is 0 Å². The van der Waals surface area contributed by atoms with Crippen molar-refractivity contribution < 1.29 is 4.79 Å². The zero-order valence-electron chi connectivity index (χ0n) is 7.57. The van der Waals surface area contributed by atoms with Gasteiger partial charge in [-0.1, -0.05) is 0 Å². The Balaban J connectivity index is 2.59. The Labute approximate surface area is 89.1 Å². The molecule has 0 radical (unpaired) electrons. The minimum absolute atomic E-state index is 0.0877. The van der Waals surface area contributed by atoms with Crippen molar-refractivity contribution in [1.29, 1.82) is 0 Å². The Morgan fingerprint density at radius 2 is 2.36 bits per heavy atom. The number of Topliss-reactive ketones (excluding diaryl/α,β-unsaturated/α-hetero) is 1. The third kappa shape index (κ3) is 1.55. The van der Waals surface area contributed by atoms with E-state index in [1.165, 1.54) is 0 Å². The van der Waals surface area contributed by atoms with Gasteiger partial charge >= 0.3 is 0 Å². The fraction of sp³-hybridized carbons (Fsp3) is 0.222. The van der Waals surface area contributed by atoms with Crippen molar-refractivity contribution in [2.45, 2.75) is 13.3 Å². The predicted molar refractivity (Wildman–Crippen MR) is 55.1 cm³/mol. The molecule has 0 aromatic carbocycles. The number of hydrogen-bond acceptors (Lipinski definition) is 3. The molecule has 0 saturated carbocycles. The van der Waals surface area contributed by atoms with Gasteiger partial charge in [-0.05, 0) is 22.9 Å². The molecule has 4 nitrogen and oxygen atoms in total. The molecule has 2 aromatic heterocycles. The van der Waals surface area contributed by atoms with Crippen LogP contribution in [-0.2, 0) is 11.2 Å². The van der Waals surface area contributed by atoms with E-state index in [1.807, 2.05) is 4.40 Å². The fourth-order valence-electron chi connectivity index (χ4n) is 1.30. The molecule has 0 fully saturated rings. The first-order valence-corrected chi connectivity index (χ1v) is 4.93. The van der Waals surface area contributed by atoms with Crippen LogP contribution in [0.5, 0.6) is 0 Å². The molecule has 0 spiro atoms. The summed E-state index contributed by atoms with van der Waals surface area (Å²) in [5, 5.41) is 0. The van der Waals surface area contributed by atoms with Crippen molar-refractivity contribution in [3.05, 3.63) is 28.9 Å². The SMILES string of the molecule is CC(=O)Cc1nccn2c(Br)cnc12. The first-order valence-electron chi connectivity index (χ1n) is 4.14. The summed E-state index contributed by atoms with van der Waals surface area (Å²) in [6.45, 7) is 1.54. The molecule has 0 amide bonds. The number of carbonyl (C=O) groups excluding carboxylic acids is 1. The monoisotopic (exact) mass is 253 g/mol. The van der Waals surface area contributed by atoms with E-state index in [9.17, 15) is 4.79 Å². The second kappa shape index (κ2) is 3.49. The van der Waals surface area contributed by atoms with Crippen molar-refractivity contribution in [3.8, 4) is 0 Å². The van der Waals surface area contributed by atoms with Crippen LogP contribution in [0.3, 0.4) is 0 Å². The van der Waals surface area contributed by atoms with Crippen molar-refractivity contribution in [1.82, 2.24) is 14.4 Å². The predicted octanol–water partition coefficient (Wildman–Crippen LogP) is 1.62. The highest BCUT2D eigenvalue weighted by Gasteiger charge is 2.08. The van der Waals surface area contributed by atoms with Gasteiger partial charge in [-0.3, -0.25) is 14.2 Å². The fourth-order valence-corrected chi connectivity index (χ4v) is 1.69. The number of hydrogen-bond donors (Lipinski definition) is 0. The third-order valence-corrected chi connectivity index (χ3v) is 2.46. The maximum Gasteiger partial charge on any atom is 0.159 e. The Kier molecular flexibility index (Phi) is 2.33. The molecule has 0 aliphatic rings. The summed E-state index contributed by atoms with van der Waals surface area (Å²) in [5.41, 5.74) is 1.44. The van der Waals surface area contributed by atoms with Crippen LogP contribution < -0.4 is 0 Å². The van der Waals surface area contributed by atoms with Gasteiger partial charge in [0, 0.05) is 12.4 Å². The summed E-state index contributed by atoms with van der Waals surface area (Å²) >= 11 is 3.35. The van der Waals surface area contributed by atoms with Crippen molar-refractivity contribution in [2.24, 2.45) is 0 Å². The average Bonchev–Trinajstić information content (AvgIpc) is 2.49. The summed E-state index contributed by atoms with van der Waals surface area (Å²) in [4.78, 5) is 19.3. The molecule has 0 unspecified atom stereocenters. The number of aromatic nitrogens is 3. The second-order valence-electron chi connectivity index (χ2n) is 3.03. The minimum atomic E-state index is 0.0877. The van der Waals surface area contributed by atoms with Gasteiger partial charge in [0.15, 0.2) is 5.65 Å². The highest BCUT2D eigenvalue weighted by atomic mass is 79.9. The Morgan fingerprint density at radius 3 is 3.07 bits per heavy atom. The lowest BCUT2D eigenvalue weighted by atomic mass is 10.2. The van der Waals surface area contributed by atoms with Gasteiger partial charge in [-0.25, -0.2) is 4.98 Å². The molecule has 2 aromatic rings. The lowest BCUT2D eigenvalue weighted by Gasteiger charge is -1.99. The molecule has 0 aliphatic heterocycles. The third-order valence-electron chi connectivity index (χ3n) is 1.87. The van der Waals surface area contributed by atoms with Crippen LogP contribution in [0, 0.1) is 0 Å². The molecule has 2 heterocycles. The molecule has 72 valence electrons. The van der Waals surface area contributed by atoms with Crippen molar-refractivity contribution in [3.63, 3.8) is 0 Å². The maximum absolute atomic E-state index is 11.0. The summed E-state index contributed by atoms with van der Waals surface area (Å²) < 4.78 is 2.71. The van der Waals surface area contributed by atoms with E-state index in [0.29, 0.717) is 12.1 Å². The lowest BCUT2D eigenvalue weighted by Crippen LogP contribution is -2.02. The molecule has 0 aliphatic carbocycles. The Bertz CT molecular complexity index is 492. The molecule has 5 heteroatoms. The first-order chi connectivity index (χ1) is 6.68. The van der Waals surface area contributed by atoms with Gasteiger partial charge in [0.05, 0.1) is 18.3 Å². The van der Waals surface area contributed by atoms with Gasteiger partial charge in [0.1, 0.15) is 10.4 Å². The zero-order chi connectivity index (χ0) is 10.1. The van der Waals surface area contributed by atoms with Crippen LogP contribution in [0.25, 0.3) is 5.65 Å². The van der Waals surface area contributed by atoms with Gasteiger partial charge in [-0.2, -0.15) is 0 Å². The first kappa shape index (κ1) is 9.33. The van der Waals surface area contributed by atoms with E-state index in [0.717, 1.165) is 10.3 Å². The zero-order valence-corrected chi connectivity index (χ0v) is 9.15. The summed E-state index contributed by atoms with van der Waals surface area (Å²) in [6.07, 6.45) is 5.49. The molecule has 0 N–H and O–H groups in total. The molecular weight excluding hydrogens is 246 g/mol. The molecule has 0 bridgehead atoms. The molecule has 2 rings (SSSR count). The average molecular weight is 254 g/mol. The van der Waals surface area contributed by atoms with Crippen molar-refractivity contribution >= 4 is 27.4 Å². The Morgan fingerprint density at radius 1 is 1.57 bits per heavy atom. The van der Waals surface area contributed by atoms with E-state index in [4.69, 9.17) is 0 Å². The van der Waals surface area contributed by atoms with Gasteiger partial charge < -0.3 is 0 Å². The number of nitrogens with zero attached hydrogens (tertiary/aromatic N) is 3. The lowest BCUT2D eigenvalue weighted by molar-refractivity contribution is -0.116. The molecule has 14 heavy (non-hydrogen) atoms. The van der Waals surface area contributed by atoms with Crippen molar-refractivity contribution in [2.75, 3.05) is 0 Å². The summed E-state index contributed by atoms with van der Waals surface area (Å²) in [7, 11) is 0. The number of ketones is 1. The van der Waals surface area contributed by atoms with Gasteiger partial charge in [-0.15, -0.1) is 0 Å². The normalized spacial score (nSPS) is 10.7.